The Balaban J connectivity index is 2.71. The van der Waals surface area contributed by atoms with Gasteiger partial charge in [-0.1, -0.05) is 12.1 Å². The normalized spacial score (nSPS) is 12.5. The van der Waals surface area contributed by atoms with E-state index in [0.29, 0.717) is 17.9 Å². The van der Waals surface area contributed by atoms with E-state index in [2.05, 4.69) is 10.5 Å². The summed E-state index contributed by atoms with van der Waals surface area (Å²) in [5.74, 6) is 0.524. The molecule has 1 rings (SSSR count). The number of nitrogens with two attached hydrogens (primary N) is 1. The maximum absolute atomic E-state index is 11.5. The molecule has 0 bridgehead atoms. The van der Waals surface area contributed by atoms with E-state index in [0.717, 1.165) is 12.1 Å². The first-order valence-corrected chi connectivity index (χ1v) is 5.05. The highest BCUT2D eigenvalue weighted by Crippen LogP contribution is 2.20. The lowest BCUT2D eigenvalue weighted by molar-refractivity contribution is -0.116. The molecule has 0 fully saturated rings. The molecule has 0 aliphatic rings. The van der Waals surface area contributed by atoms with Crippen LogP contribution in [0.4, 0.5) is 5.69 Å². The van der Waals surface area contributed by atoms with Crippen LogP contribution in [-0.2, 0) is 11.2 Å². The fourth-order valence-electron chi connectivity index (χ4n) is 1.30. The molecule has 0 aliphatic carbocycles. The topological polar surface area (TPSA) is 81.2 Å². The van der Waals surface area contributed by atoms with Gasteiger partial charge in [-0.05, 0) is 20.3 Å². The summed E-state index contributed by atoms with van der Waals surface area (Å²) in [7, 11) is 0. The van der Waals surface area contributed by atoms with E-state index in [1.165, 1.54) is 0 Å². The van der Waals surface area contributed by atoms with Crippen LogP contribution < -0.4 is 11.1 Å². The zero-order valence-corrected chi connectivity index (χ0v) is 9.33. The molecule has 84 valence electrons. The largest absolute Gasteiger partial charge is 0.359 e. The number of carbonyl (C=O) groups excluding carboxylic acids is 1. The highest BCUT2D eigenvalue weighted by Gasteiger charge is 2.14. The molecule has 1 aromatic heterocycles. The number of hydrogen-bond acceptors (Lipinski definition) is 4. The molecule has 1 heterocycles. The number of hydrogen-bond donors (Lipinski definition) is 2. The van der Waals surface area contributed by atoms with E-state index in [1.54, 1.807) is 13.8 Å². The number of anilines is 1. The average Bonchev–Trinajstić information content (AvgIpc) is 2.46. The molecule has 0 radical (unpaired) electrons. The van der Waals surface area contributed by atoms with Crippen LogP contribution in [0.25, 0.3) is 0 Å². The summed E-state index contributed by atoms with van der Waals surface area (Å²) in [6, 6.07) is -0.143. The molecular formula is C10H17N3O2. The Hall–Kier alpha value is -1.36. The predicted molar refractivity (Wildman–Crippen MR) is 57.5 cm³/mol. The second kappa shape index (κ2) is 4.93. The molecule has 0 saturated heterocycles. The van der Waals surface area contributed by atoms with Crippen molar-refractivity contribution >= 4 is 11.6 Å². The van der Waals surface area contributed by atoms with Gasteiger partial charge in [-0.3, -0.25) is 4.79 Å². The maximum atomic E-state index is 11.5. The highest BCUT2D eigenvalue weighted by molar-refractivity contribution is 5.92. The van der Waals surface area contributed by atoms with E-state index in [4.69, 9.17) is 10.3 Å². The predicted octanol–water partition coefficient (Wildman–Crippen LogP) is 1.22. The van der Waals surface area contributed by atoms with Crippen molar-refractivity contribution < 1.29 is 9.32 Å². The number of rotatable bonds is 4. The van der Waals surface area contributed by atoms with Crippen molar-refractivity contribution in [2.45, 2.75) is 39.7 Å². The first-order valence-electron chi connectivity index (χ1n) is 5.05. The third kappa shape index (κ3) is 3.06. The monoisotopic (exact) mass is 211 g/mol. The Morgan fingerprint density at radius 3 is 2.87 bits per heavy atom. The van der Waals surface area contributed by atoms with Crippen molar-refractivity contribution in [2.75, 3.05) is 5.32 Å². The van der Waals surface area contributed by atoms with Gasteiger partial charge < -0.3 is 15.6 Å². The first kappa shape index (κ1) is 11.7. The van der Waals surface area contributed by atoms with Gasteiger partial charge in [0.1, 0.15) is 11.4 Å². The van der Waals surface area contributed by atoms with Crippen LogP contribution >= 0.6 is 0 Å². The highest BCUT2D eigenvalue weighted by atomic mass is 16.5. The summed E-state index contributed by atoms with van der Waals surface area (Å²) in [4.78, 5) is 11.5. The van der Waals surface area contributed by atoms with Crippen LogP contribution in [0.2, 0.25) is 0 Å². The summed E-state index contributed by atoms with van der Waals surface area (Å²) in [6.45, 7) is 5.52. The molecule has 5 heteroatoms. The maximum Gasteiger partial charge on any atom is 0.226 e. The van der Waals surface area contributed by atoms with E-state index in [9.17, 15) is 4.79 Å². The van der Waals surface area contributed by atoms with Crippen LogP contribution in [-0.4, -0.2) is 17.1 Å². The molecule has 3 N–H and O–H groups in total. The van der Waals surface area contributed by atoms with E-state index in [-0.39, 0.29) is 11.9 Å². The van der Waals surface area contributed by atoms with Crippen LogP contribution in [0.15, 0.2) is 4.52 Å². The minimum Gasteiger partial charge on any atom is -0.359 e. The van der Waals surface area contributed by atoms with Crippen molar-refractivity contribution in [1.82, 2.24) is 5.16 Å². The van der Waals surface area contributed by atoms with Gasteiger partial charge in [0.15, 0.2) is 5.76 Å². The Labute approximate surface area is 89.0 Å². The molecular weight excluding hydrogens is 194 g/mol. The van der Waals surface area contributed by atoms with Gasteiger partial charge in [0, 0.05) is 12.5 Å². The van der Waals surface area contributed by atoms with Gasteiger partial charge in [-0.15, -0.1) is 0 Å². The summed E-state index contributed by atoms with van der Waals surface area (Å²) < 4.78 is 5.00. The molecule has 1 atom stereocenters. The molecule has 15 heavy (non-hydrogen) atoms. The standard InChI is InChI=1S/C10H17N3O2/c1-4-8-10(7(3)15-13-8)12-9(14)5-6(2)11/h6H,4-5,11H2,1-3H3,(H,12,14). The lowest BCUT2D eigenvalue weighted by Crippen LogP contribution is -2.24. The fraction of sp³-hybridized carbons (Fsp3) is 0.600. The van der Waals surface area contributed by atoms with Crippen molar-refractivity contribution in [3.8, 4) is 0 Å². The molecule has 0 spiro atoms. The SMILES string of the molecule is CCc1noc(C)c1NC(=O)CC(C)N. The van der Waals surface area contributed by atoms with E-state index < -0.39 is 0 Å². The number of carbonyl (C=O) groups is 1. The Morgan fingerprint density at radius 1 is 1.67 bits per heavy atom. The smallest absolute Gasteiger partial charge is 0.226 e. The summed E-state index contributed by atoms with van der Waals surface area (Å²) in [5, 5.41) is 6.61. The number of nitrogens with one attached hydrogen (secondary N) is 1. The molecule has 1 amide bonds. The van der Waals surface area contributed by atoms with Crippen molar-refractivity contribution in [2.24, 2.45) is 5.73 Å². The molecule has 0 saturated carbocycles. The number of amides is 1. The summed E-state index contributed by atoms with van der Waals surface area (Å²) in [5.41, 5.74) is 6.98. The fourth-order valence-corrected chi connectivity index (χ4v) is 1.30. The van der Waals surface area contributed by atoms with Gasteiger partial charge in [0.25, 0.3) is 0 Å². The average molecular weight is 211 g/mol. The van der Waals surface area contributed by atoms with Crippen molar-refractivity contribution in [3.05, 3.63) is 11.5 Å². The Kier molecular flexibility index (Phi) is 3.85. The lowest BCUT2D eigenvalue weighted by Gasteiger charge is -2.06. The minimum atomic E-state index is -0.143. The molecule has 0 aromatic carbocycles. The second-order valence-electron chi connectivity index (χ2n) is 3.64. The Morgan fingerprint density at radius 2 is 2.33 bits per heavy atom. The molecule has 5 nitrogen and oxygen atoms in total. The van der Waals surface area contributed by atoms with Gasteiger partial charge in [0.05, 0.1) is 0 Å². The van der Waals surface area contributed by atoms with Crippen LogP contribution in [0.5, 0.6) is 0 Å². The van der Waals surface area contributed by atoms with E-state index in [1.807, 2.05) is 6.92 Å². The van der Waals surface area contributed by atoms with Gasteiger partial charge >= 0.3 is 0 Å². The summed E-state index contributed by atoms with van der Waals surface area (Å²) >= 11 is 0. The third-order valence-corrected chi connectivity index (χ3v) is 2.04. The van der Waals surface area contributed by atoms with Crippen molar-refractivity contribution in [3.63, 3.8) is 0 Å². The molecule has 0 aliphatic heterocycles. The molecule has 1 unspecified atom stereocenters. The van der Waals surface area contributed by atoms with Gasteiger partial charge in [-0.25, -0.2) is 0 Å². The van der Waals surface area contributed by atoms with Crippen LogP contribution in [0.3, 0.4) is 0 Å². The number of nitrogens with zero attached hydrogens (tertiary/aromatic N) is 1. The number of aryl methyl sites for hydroxylation is 2. The third-order valence-electron chi connectivity index (χ3n) is 2.04. The van der Waals surface area contributed by atoms with E-state index >= 15 is 0 Å². The molecule has 1 aromatic rings. The Bertz CT molecular complexity index is 344. The quantitative estimate of drug-likeness (QED) is 0.784. The summed E-state index contributed by atoms with van der Waals surface area (Å²) in [6.07, 6.45) is 1.03. The van der Waals surface area contributed by atoms with Crippen LogP contribution in [0.1, 0.15) is 31.7 Å². The van der Waals surface area contributed by atoms with Crippen molar-refractivity contribution in [1.29, 1.82) is 0 Å². The van der Waals surface area contributed by atoms with Crippen LogP contribution in [0, 0.1) is 6.92 Å². The first-order chi connectivity index (χ1) is 7.04. The van der Waals surface area contributed by atoms with Gasteiger partial charge in [0.2, 0.25) is 5.91 Å². The number of aromatic nitrogens is 1. The zero-order chi connectivity index (χ0) is 11.4. The second-order valence-corrected chi connectivity index (χ2v) is 3.64. The minimum absolute atomic E-state index is 0.106. The van der Waals surface area contributed by atoms with Gasteiger partial charge in [-0.2, -0.15) is 0 Å². The zero-order valence-electron chi connectivity index (χ0n) is 9.33. The lowest BCUT2D eigenvalue weighted by atomic mass is 10.2.